The van der Waals surface area contributed by atoms with Crippen molar-refractivity contribution in [3.8, 4) is 5.75 Å². The zero-order chi connectivity index (χ0) is 20.6. The summed E-state index contributed by atoms with van der Waals surface area (Å²) in [5.74, 6) is -1.43. The van der Waals surface area contributed by atoms with Gasteiger partial charge in [-0.25, -0.2) is 4.39 Å². The third-order valence-corrected chi connectivity index (χ3v) is 5.84. The summed E-state index contributed by atoms with van der Waals surface area (Å²) in [5, 5.41) is 12.0. The number of ether oxygens (including phenoxy) is 1. The lowest BCUT2D eigenvalue weighted by Crippen LogP contribution is -2.31. The van der Waals surface area contributed by atoms with Crippen LogP contribution in [0.15, 0.2) is 54.6 Å². The van der Waals surface area contributed by atoms with E-state index in [1.54, 1.807) is 12.1 Å². The summed E-state index contributed by atoms with van der Waals surface area (Å²) < 4.78 is 18.7. The van der Waals surface area contributed by atoms with E-state index in [1.807, 2.05) is 12.1 Å². The fourth-order valence-electron chi connectivity index (χ4n) is 4.38. The van der Waals surface area contributed by atoms with Crippen molar-refractivity contribution in [3.63, 3.8) is 0 Å². The highest BCUT2D eigenvalue weighted by Gasteiger charge is 2.55. The molecule has 1 saturated heterocycles. The van der Waals surface area contributed by atoms with Gasteiger partial charge in [-0.3, -0.25) is 9.59 Å². The predicted octanol–water partition coefficient (Wildman–Crippen LogP) is 3.76. The van der Waals surface area contributed by atoms with Crippen molar-refractivity contribution in [2.45, 2.75) is 25.7 Å². The van der Waals surface area contributed by atoms with Crippen molar-refractivity contribution in [3.05, 3.63) is 71.6 Å². The van der Waals surface area contributed by atoms with Crippen LogP contribution in [0.5, 0.6) is 5.75 Å². The predicted molar refractivity (Wildman–Crippen MR) is 106 cm³/mol. The summed E-state index contributed by atoms with van der Waals surface area (Å²) in [4.78, 5) is 24.6. The van der Waals surface area contributed by atoms with Gasteiger partial charge in [0.05, 0.1) is 18.4 Å². The summed E-state index contributed by atoms with van der Waals surface area (Å²) in [6.45, 7) is 4.52. The number of benzene rings is 2. The normalized spacial score (nSPS) is 23.0. The zero-order valence-electron chi connectivity index (χ0n) is 15.9. The van der Waals surface area contributed by atoms with Crippen LogP contribution in [0.4, 0.5) is 10.1 Å². The van der Waals surface area contributed by atoms with E-state index in [2.05, 4.69) is 11.9 Å². The van der Waals surface area contributed by atoms with Crippen LogP contribution in [-0.2, 0) is 27.2 Å². The van der Waals surface area contributed by atoms with Crippen LogP contribution in [0.3, 0.4) is 0 Å². The Morgan fingerprint density at radius 2 is 1.97 bits per heavy atom. The molecule has 4 rings (SSSR count). The molecule has 1 heterocycles. The van der Waals surface area contributed by atoms with Gasteiger partial charge in [0.1, 0.15) is 0 Å². The molecule has 2 N–H and O–H groups in total. The van der Waals surface area contributed by atoms with Crippen molar-refractivity contribution in [2.75, 3.05) is 11.9 Å². The Kier molecular flexibility index (Phi) is 4.86. The molecule has 2 aliphatic rings. The highest BCUT2D eigenvalue weighted by Crippen LogP contribution is 2.52. The van der Waals surface area contributed by atoms with E-state index in [9.17, 15) is 19.1 Å². The van der Waals surface area contributed by atoms with Crippen molar-refractivity contribution in [1.82, 2.24) is 0 Å². The Labute approximate surface area is 168 Å². The number of phenols is 1. The Morgan fingerprint density at radius 3 is 2.69 bits per heavy atom. The van der Waals surface area contributed by atoms with Crippen molar-refractivity contribution < 1.29 is 23.8 Å². The SMILES string of the molecule is C=C1CC2COC(=O)C2(Cc2ccc(NC(=O)Cc3ccc(O)c(F)c3)cc2)C1. The lowest BCUT2D eigenvalue weighted by atomic mass is 9.75. The lowest BCUT2D eigenvalue weighted by molar-refractivity contribution is -0.146. The third kappa shape index (κ3) is 3.75. The van der Waals surface area contributed by atoms with E-state index < -0.39 is 17.0 Å². The van der Waals surface area contributed by atoms with E-state index in [-0.39, 0.29) is 24.2 Å². The largest absolute Gasteiger partial charge is 0.505 e. The zero-order valence-corrected chi connectivity index (χ0v) is 15.9. The van der Waals surface area contributed by atoms with E-state index in [0.717, 1.165) is 23.6 Å². The van der Waals surface area contributed by atoms with Gasteiger partial charge in [-0.1, -0.05) is 30.4 Å². The van der Waals surface area contributed by atoms with Gasteiger partial charge < -0.3 is 15.2 Å². The number of anilines is 1. The van der Waals surface area contributed by atoms with E-state index >= 15 is 0 Å². The number of hydrogen-bond acceptors (Lipinski definition) is 4. The average Bonchev–Trinajstić information content (AvgIpc) is 3.14. The number of fused-ring (bicyclic) bond motifs is 1. The minimum absolute atomic E-state index is 0.00229. The molecule has 2 fully saturated rings. The molecule has 0 radical (unpaired) electrons. The molecule has 2 aromatic rings. The van der Waals surface area contributed by atoms with Gasteiger partial charge in [0.25, 0.3) is 0 Å². The number of esters is 1. The van der Waals surface area contributed by atoms with Gasteiger partial charge >= 0.3 is 5.97 Å². The molecule has 2 aromatic carbocycles. The number of allylic oxidation sites excluding steroid dienone is 1. The maximum atomic E-state index is 13.4. The van der Waals surface area contributed by atoms with Crippen LogP contribution in [0.1, 0.15) is 24.0 Å². The molecule has 5 nitrogen and oxygen atoms in total. The number of carbonyl (C=O) groups is 2. The van der Waals surface area contributed by atoms with Crippen LogP contribution in [-0.4, -0.2) is 23.6 Å². The second-order valence-corrected chi connectivity index (χ2v) is 7.97. The summed E-state index contributed by atoms with van der Waals surface area (Å²) in [7, 11) is 0. The van der Waals surface area contributed by atoms with Gasteiger partial charge in [0.2, 0.25) is 5.91 Å². The van der Waals surface area contributed by atoms with Crippen molar-refractivity contribution in [2.24, 2.45) is 11.3 Å². The first-order chi connectivity index (χ1) is 13.9. The van der Waals surface area contributed by atoms with E-state index in [0.29, 0.717) is 30.7 Å². The van der Waals surface area contributed by atoms with Crippen molar-refractivity contribution in [1.29, 1.82) is 0 Å². The third-order valence-electron chi connectivity index (χ3n) is 5.84. The molecular formula is C23H22FNO4. The molecule has 1 aliphatic carbocycles. The molecule has 1 saturated carbocycles. The number of cyclic esters (lactones) is 1. The van der Waals surface area contributed by atoms with Crippen LogP contribution >= 0.6 is 0 Å². The Balaban J connectivity index is 1.40. The molecule has 0 spiro atoms. The first-order valence-corrected chi connectivity index (χ1v) is 9.56. The van der Waals surface area contributed by atoms with Gasteiger partial charge in [0, 0.05) is 11.6 Å². The summed E-state index contributed by atoms with van der Waals surface area (Å²) >= 11 is 0. The molecule has 0 aromatic heterocycles. The van der Waals surface area contributed by atoms with Crippen LogP contribution in [0, 0.1) is 17.2 Å². The number of amides is 1. The molecule has 2 unspecified atom stereocenters. The van der Waals surface area contributed by atoms with E-state index in [4.69, 9.17) is 4.74 Å². The summed E-state index contributed by atoms with van der Waals surface area (Å²) in [5.41, 5.74) is 2.69. The first-order valence-electron chi connectivity index (χ1n) is 9.56. The van der Waals surface area contributed by atoms with Gasteiger partial charge in [-0.2, -0.15) is 0 Å². The van der Waals surface area contributed by atoms with Gasteiger partial charge in [0.15, 0.2) is 11.6 Å². The number of carbonyl (C=O) groups excluding carboxylic acids is 2. The minimum Gasteiger partial charge on any atom is -0.505 e. The lowest BCUT2D eigenvalue weighted by Gasteiger charge is -2.24. The van der Waals surface area contributed by atoms with E-state index in [1.165, 1.54) is 12.1 Å². The maximum absolute atomic E-state index is 13.4. The molecule has 1 amide bonds. The number of rotatable bonds is 5. The first kappa shape index (κ1) is 19.2. The number of nitrogens with one attached hydrogen (secondary N) is 1. The molecular weight excluding hydrogens is 373 g/mol. The fourth-order valence-corrected chi connectivity index (χ4v) is 4.38. The second-order valence-electron chi connectivity index (χ2n) is 7.97. The fraction of sp³-hybridized carbons (Fsp3) is 0.304. The molecule has 2 atom stereocenters. The van der Waals surface area contributed by atoms with Crippen LogP contribution in [0.2, 0.25) is 0 Å². The summed E-state index contributed by atoms with van der Waals surface area (Å²) in [6.07, 6.45) is 2.09. The van der Waals surface area contributed by atoms with Gasteiger partial charge in [-0.15, -0.1) is 0 Å². The summed E-state index contributed by atoms with van der Waals surface area (Å²) in [6, 6.07) is 11.3. The Bertz CT molecular complexity index is 985. The molecule has 6 heteroatoms. The second kappa shape index (κ2) is 7.35. The van der Waals surface area contributed by atoms with Crippen LogP contribution in [0.25, 0.3) is 0 Å². The highest BCUT2D eigenvalue weighted by atomic mass is 19.1. The maximum Gasteiger partial charge on any atom is 0.313 e. The number of phenolic OH excluding ortho intramolecular Hbond substituents is 1. The Morgan fingerprint density at radius 1 is 1.24 bits per heavy atom. The molecule has 1 aliphatic heterocycles. The Hall–Kier alpha value is -3.15. The minimum atomic E-state index is -0.752. The quantitative estimate of drug-likeness (QED) is 0.597. The monoisotopic (exact) mass is 395 g/mol. The van der Waals surface area contributed by atoms with Gasteiger partial charge in [-0.05, 0) is 54.7 Å². The molecule has 29 heavy (non-hydrogen) atoms. The smallest absolute Gasteiger partial charge is 0.313 e. The molecule has 0 bridgehead atoms. The number of aromatic hydroxyl groups is 1. The molecule has 150 valence electrons. The average molecular weight is 395 g/mol. The van der Waals surface area contributed by atoms with Crippen LogP contribution < -0.4 is 5.32 Å². The number of halogens is 1. The topological polar surface area (TPSA) is 75.6 Å². The van der Waals surface area contributed by atoms with Crippen molar-refractivity contribution >= 4 is 17.6 Å². The highest BCUT2D eigenvalue weighted by molar-refractivity contribution is 5.92. The standard InChI is InChI=1S/C23H22FNO4/c1-14-8-17-13-29-22(28)23(17,11-14)12-15-2-5-18(6-3-15)25-21(27)10-16-4-7-20(26)19(24)9-16/h2-7,9,17,26H,1,8,10-13H2,(H,25,27). The number of hydrogen-bond donors (Lipinski definition) is 2.